The number of ketones is 1. The minimum absolute atomic E-state index is 0.241. The molecule has 54 valence electrons. The second-order valence-corrected chi connectivity index (χ2v) is 2.96. The zero-order chi connectivity index (χ0) is 7.72. The lowest BCUT2D eigenvalue weighted by atomic mass is 9.96. The van der Waals surface area contributed by atoms with Crippen LogP contribution in [0.5, 0.6) is 0 Å². The fourth-order valence-electron chi connectivity index (χ4n) is 1.34. The summed E-state index contributed by atoms with van der Waals surface area (Å²) < 4.78 is 0. The monoisotopic (exact) mass is 136 g/mol. The van der Waals surface area contributed by atoms with Crippen LogP contribution >= 0.6 is 0 Å². The average molecular weight is 136 g/mol. The van der Waals surface area contributed by atoms with Crippen LogP contribution in [-0.2, 0) is 4.79 Å². The normalized spacial score (nSPS) is 24.8. The molecular weight excluding hydrogens is 124 g/mol. The van der Waals surface area contributed by atoms with Crippen molar-refractivity contribution in [2.75, 3.05) is 0 Å². The van der Waals surface area contributed by atoms with E-state index in [4.69, 9.17) is 0 Å². The molecule has 1 rings (SSSR count). The Bertz CT molecular complexity index is 211. The van der Waals surface area contributed by atoms with E-state index in [2.05, 4.69) is 6.58 Å². The van der Waals surface area contributed by atoms with Gasteiger partial charge in [-0.1, -0.05) is 17.7 Å². The Balaban J connectivity index is 2.78. The predicted octanol–water partition coefficient (Wildman–Crippen LogP) is 2.10. The van der Waals surface area contributed by atoms with Gasteiger partial charge in [0.25, 0.3) is 0 Å². The molecule has 1 aliphatic rings. The molecule has 0 aromatic heterocycles. The van der Waals surface area contributed by atoms with Crippen molar-refractivity contribution >= 4 is 5.78 Å². The van der Waals surface area contributed by atoms with Crippen molar-refractivity contribution in [3.05, 3.63) is 23.8 Å². The number of carbonyl (C=O) groups is 1. The van der Waals surface area contributed by atoms with Gasteiger partial charge in [-0.05, 0) is 19.9 Å². The summed E-state index contributed by atoms with van der Waals surface area (Å²) in [7, 11) is 0. The fourth-order valence-corrected chi connectivity index (χ4v) is 1.34. The minimum Gasteiger partial charge on any atom is -0.295 e. The molecule has 0 fully saturated rings. The highest BCUT2D eigenvalue weighted by molar-refractivity contribution is 5.93. The maximum atomic E-state index is 10.9. The molecule has 0 spiro atoms. The van der Waals surface area contributed by atoms with Crippen molar-refractivity contribution < 1.29 is 4.79 Å². The zero-order valence-electron chi connectivity index (χ0n) is 6.48. The molecule has 0 heterocycles. The second-order valence-electron chi connectivity index (χ2n) is 2.96. The van der Waals surface area contributed by atoms with E-state index in [-0.39, 0.29) is 5.78 Å². The zero-order valence-corrected chi connectivity index (χ0v) is 6.48. The molecule has 0 bridgehead atoms. The van der Waals surface area contributed by atoms with Gasteiger partial charge < -0.3 is 0 Å². The summed E-state index contributed by atoms with van der Waals surface area (Å²) in [4.78, 5) is 10.9. The van der Waals surface area contributed by atoms with Crippen LogP contribution in [-0.4, -0.2) is 5.78 Å². The van der Waals surface area contributed by atoms with E-state index >= 15 is 0 Å². The smallest absolute Gasteiger partial charge is 0.156 e. The molecule has 1 heteroatoms. The lowest BCUT2D eigenvalue weighted by molar-refractivity contribution is -0.114. The first-order valence-electron chi connectivity index (χ1n) is 3.47. The first-order chi connectivity index (χ1) is 4.61. The fraction of sp³-hybridized carbons (Fsp3) is 0.444. The molecule has 1 nitrogen and oxygen atoms in total. The third-order valence-electron chi connectivity index (χ3n) is 1.94. The quantitative estimate of drug-likeness (QED) is 0.504. The Labute approximate surface area is 61.4 Å². The molecule has 0 saturated carbocycles. The van der Waals surface area contributed by atoms with Crippen LogP contribution < -0.4 is 0 Å². The third kappa shape index (κ3) is 1.18. The number of carbonyl (C=O) groups excluding carboxylic acids is 1. The highest BCUT2D eigenvalue weighted by atomic mass is 16.1. The number of allylic oxidation sites excluding steroid dienone is 3. The molecule has 0 amide bonds. The van der Waals surface area contributed by atoms with E-state index in [1.165, 1.54) is 0 Å². The summed E-state index contributed by atoms with van der Waals surface area (Å²) in [6, 6.07) is 0. The Kier molecular flexibility index (Phi) is 1.75. The predicted molar refractivity (Wildman–Crippen MR) is 41.7 cm³/mol. The first kappa shape index (κ1) is 7.26. The van der Waals surface area contributed by atoms with E-state index in [0.717, 1.165) is 11.1 Å². The van der Waals surface area contributed by atoms with Crippen molar-refractivity contribution in [3.8, 4) is 0 Å². The maximum absolute atomic E-state index is 10.9. The maximum Gasteiger partial charge on any atom is 0.156 e. The van der Waals surface area contributed by atoms with Gasteiger partial charge in [-0.25, -0.2) is 0 Å². The highest BCUT2D eigenvalue weighted by Crippen LogP contribution is 2.28. The van der Waals surface area contributed by atoms with E-state index in [9.17, 15) is 4.79 Å². The Morgan fingerprint density at radius 3 is 2.60 bits per heavy atom. The van der Waals surface area contributed by atoms with Gasteiger partial charge in [0, 0.05) is 12.3 Å². The average Bonchev–Trinajstić information content (AvgIpc) is 2.10. The van der Waals surface area contributed by atoms with Crippen LogP contribution in [0.3, 0.4) is 0 Å². The Morgan fingerprint density at radius 1 is 1.80 bits per heavy atom. The van der Waals surface area contributed by atoms with Crippen molar-refractivity contribution in [1.29, 1.82) is 0 Å². The molecule has 1 unspecified atom stereocenters. The van der Waals surface area contributed by atoms with Crippen LogP contribution in [0.2, 0.25) is 0 Å². The third-order valence-corrected chi connectivity index (χ3v) is 1.94. The molecule has 0 aromatic rings. The molecule has 1 aliphatic carbocycles. The Hall–Kier alpha value is -0.850. The van der Waals surface area contributed by atoms with Crippen molar-refractivity contribution in [2.45, 2.75) is 20.3 Å². The minimum atomic E-state index is 0.241. The summed E-state index contributed by atoms with van der Waals surface area (Å²) in [6.07, 6.45) is 2.36. The molecule has 0 aromatic carbocycles. The van der Waals surface area contributed by atoms with Crippen molar-refractivity contribution in [2.24, 2.45) is 5.92 Å². The summed E-state index contributed by atoms with van der Waals surface area (Å²) in [5, 5.41) is 0. The van der Waals surface area contributed by atoms with E-state index in [0.29, 0.717) is 12.3 Å². The lowest BCUT2D eigenvalue weighted by Crippen LogP contribution is -1.99. The molecule has 0 radical (unpaired) electrons. The summed E-state index contributed by atoms with van der Waals surface area (Å²) in [5.41, 5.74) is 2.26. The van der Waals surface area contributed by atoms with E-state index in [1.54, 1.807) is 6.08 Å². The van der Waals surface area contributed by atoms with Gasteiger partial charge in [0.2, 0.25) is 0 Å². The van der Waals surface area contributed by atoms with Crippen LogP contribution in [0.25, 0.3) is 0 Å². The standard InChI is InChI=1S/C9H12O/c1-6(2)9-5-8(10)4-7(9)3/h4,9H,1,5H2,2-3H3. The van der Waals surface area contributed by atoms with Gasteiger partial charge in [0.15, 0.2) is 5.78 Å². The Morgan fingerprint density at radius 2 is 2.40 bits per heavy atom. The molecule has 0 N–H and O–H groups in total. The molecule has 10 heavy (non-hydrogen) atoms. The van der Waals surface area contributed by atoms with E-state index < -0.39 is 0 Å². The van der Waals surface area contributed by atoms with Crippen LogP contribution in [0, 0.1) is 5.92 Å². The van der Waals surface area contributed by atoms with Crippen LogP contribution in [0.1, 0.15) is 20.3 Å². The summed E-state index contributed by atoms with van der Waals surface area (Å²) in [6.45, 7) is 7.79. The second kappa shape index (κ2) is 2.41. The van der Waals surface area contributed by atoms with Crippen LogP contribution in [0.15, 0.2) is 23.8 Å². The highest BCUT2D eigenvalue weighted by Gasteiger charge is 2.21. The van der Waals surface area contributed by atoms with Gasteiger partial charge >= 0.3 is 0 Å². The summed E-state index contributed by atoms with van der Waals surface area (Å²) >= 11 is 0. The number of hydrogen-bond donors (Lipinski definition) is 0. The van der Waals surface area contributed by atoms with Crippen LogP contribution in [0.4, 0.5) is 0 Å². The lowest BCUT2D eigenvalue weighted by Gasteiger charge is -2.08. The molecule has 0 aliphatic heterocycles. The largest absolute Gasteiger partial charge is 0.295 e. The van der Waals surface area contributed by atoms with Crippen molar-refractivity contribution in [1.82, 2.24) is 0 Å². The SMILES string of the molecule is C=C(C)C1CC(=O)C=C1C. The number of hydrogen-bond acceptors (Lipinski definition) is 1. The molecular formula is C9H12O. The van der Waals surface area contributed by atoms with Gasteiger partial charge in [-0.15, -0.1) is 0 Å². The summed E-state index contributed by atoms with van der Waals surface area (Å²) in [5.74, 6) is 0.568. The van der Waals surface area contributed by atoms with E-state index in [1.807, 2.05) is 13.8 Å². The first-order valence-corrected chi connectivity index (χ1v) is 3.47. The van der Waals surface area contributed by atoms with Gasteiger partial charge in [0.05, 0.1) is 0 Å². The molecule has 0 saturated heterocycles. The topological polar surface area (TPSA) is 17.1 Å². The molecule has 1 atom stereocenters. The van der Waals surface area contributed by atoms with Gasteiger partial charge in [0.1, 0.15) is 0 Å². The number of rotatable bonds is 1. The van der Waals surface area contributed by atoms with Gasteiger partial charge in [-0.3, -0.25) is 4.79 Å². The van der Waals surface area contributed by atoms with Crippen molar-refractivity contribution in [3.63, 3.8) is 0 Å². The van der Waals surface area contributed by atoms with Gasteiger partial charge in [-0.2, -0.15) is 0 Å².